The molecule has 0 bridgehead atoms. The molecule has 4 atom stereocenters. The first-order valence-corrected chi connectivity index (χ1v) is 9.99. The van der Waals surface area contributed by atoms with Gasteiger partial charge in [0, 0.05) is 23.5 Å². The van der Waals surface area contributed by atoms with Gasteiger partial charge in [-0.15, -0.1) is 0 Å². The first kappa shape index (κ1) is 23.9. The summed E-state index contributed by atoms with van der Waals surface area (Å²) >= 11 is 0. The number of rotatable bonds is 11. The van der Waals surface area contributed by atoms with Crippen LogP contribution in [0.1, 0.15) is 32.3 Å². The van der Waals surface area contributed by atoms with Gasteiger partial charge in [-0.3, -0.25) is 14.4 Å². The second kappa shape index (κ2) is 10.6. The van der Waals surface area contributed by atoms with E-state index in [4.69, 9.17) is 10.8 Å². The average molecular weight is 432 g/mol. The molecule has 2 aromatic rings. The zero-order valence-corrected chi connectivity index (χ0v) is 17.4. The number of aromatic amines is 1. The van der Waals surface area contributed by atoms with Crippen molar-refractivity contribution < 1.29 is 29.4 Å². The molecular formula is C21H28N4O6. The summed E-state index contributed by atoms with van der Waals surface area (Å²) in [5.41, 5.74) is 7.20. The molecule has 0 saturated heterocycles. The number of carboxylic acid groups (broad SMARTS) is 2. The Balaban J connectivity index is 2.27. The number of nitrogens with one attached hydrogen (secondary N) is 3. The number of hydrogen-bond donors (Lipinski definition) is 6. The van der Waals surface area contributed by atoms with E-state index in [1.54, 1.807) is 13.1 Å². The fourth-order valence-electron chi connectivity index (χ4n) is 3.23. The summed E-state index contributed by atoms with van der Waals surface area (Å²) in [6.45, 7) is 3.51. The lowest BCUT2D eigenvalue weighted by atomic mass is 9.98. The molecule has 0 aliphatic carbocycles. The van der Waals surface area contributed by atoms with Crippen molar-refractivity contribution in [2.45, 2.75) is 51.2 Å². The number of carbonyl (C=O) groups is 4. The van der Waals surface area contributed by atoms with E-state index in [1.165, 1.54) is 0 Å². The molecule has 0 aliphatic heterocycles. The lowest BCUT2D eigenvalue weighted by Gasteiger charge is -2.25. The fourth-order valence-corrected chi connectivity index (χ4v) is 3.23. The summed E-state index contributed by atoms with van der Waals surface area (Å²) in [4.78, 5) is 50.9. The van der Waals surface area contributed by atoms with Crippen molar-refractivity contribution >= 4 is 34.7 Å². The van der Waals surface area contributed by atoms with Crippen molar-refractivity contribution in [1.29, 1.82) is 0 Å². The van der Waals surface area contributed by atoms with Crippen LogP contribution in [0.15, 0.2) is 30.5 Å². The summed E-state index contributed by atoms with van der Waals surface area (Å²) in [6.07, 6.45) is 1.70. The van der Waals surface area contributed by atoms with Gasteiger partial charge in [0.15, 0.2) is 0 Å². The quantitative estimate of drug-likeness (QED) is 0.301. The van der Waals surface area contributed by atoms with E-state index in [1.807, 2.05) is 31.2 Å². The van der Waals surface area contributed by atoms with E-state index in [0.717, 1.165) is 16.5 Å². The number of fused-ring (bicyclic) bond motifs is 1. The molecule has 0 aliphatic rings. The lowest BCUT2D eigenvalue weighted by Crippen LogP contribution is -2.56. The van der Waals surface area contributed by atoms with Gasteiger partial charge in [0.1, 0.15) is 12.1 Å². The van der Waals surface area contributed by atoms with Crippen molar-refractivity contribution in [2.75, 3.05) is 0 Å². The largest absolute Gasteiger partial charge is 0.481 e. The van der Waals surface area contributed by atoms with Gasteiger partial charge in [0.05, 0.1) is 12.5 Å². The van der Waals surface area contributed by atoms with Gasteiger partial charge in [-0.1, -0.05) is 38.5 Å². The maximum atomic E-state index is 13.0. The van der Waals surface area contributed by atoms with Crippen LogP contribution in [-0.2, 0) is 25.6 Å². The SMILES string of the molecule is CCC(C)C(NC(=O)C(Cc1c[nH]c2ccccc12)NC(=O)C(N)CC(=O)O)C(=O)O. The predicted octanol–water partition coefficient (Wildman–Crippen LogP) is 0.613. The Morgan fingerprint density at radius 3 is 2.39 bits per heavy atom. The minimum atomic E-state index is -1.35. The Hall–Kier alpha value is -3.40. The Morgan fingerprint density at radius 2 is 1.77 bits per heavy atom. The maximum absolute atomic E-state index is 13.0. The van der Waals surface area contributed by atoms with Crippen LogP contribution < -0.4 is 16.4 Å². The molecule has 1 heterocycles. The number of para-hydroxylation sites is 1. The molecule has 10 heteroatoms. The minimum absolute atomic E-state index is 0.0637. The topological polar surface area (TPSA) is 175 Å². The molecule has 0 fully saturated rings. The predicted molar refractivity (Wildman–Crippen MR) is 113 cm³/mol. The highest BCUT2D eigenvalue weighted by molar-refractivity contribution is 5.94. The Kier molecular flexibility index (Phi) is 8.14. The van der Waals surface area contributed by atoms with E-state index >= 15 is 0 Å². The number of hydrogen-bond acceptors (Lipinski definition) is 5. The van der Waals surface area contributed by atoms with Gasteiger partial charge in [0.25, 0.3) is 0 Å². The number of benzene rings is 1. The van der Waals surface area contributed by atoms with Gasteiger partial charge < -0.3 is 31.6 Å². The third-order valence-corrected chi connectivity index (χ3v) is 5.24. The van der Waals surface area contributed by atoms with E-state index in [2.05, 4.69) is 15.6 Å². The molecule has 0 spiro atoms. The lowest BCUT2D eigenvalue weighted by molar-refractivity contribution is -0.144. The highest BCUT2D eigenvalue weighted by Gasteiger charge is 2.31. The molecule has 31 heavy (non-hydrogen) atoms. The number of H-pyrrole nitrogens is 1. The molecule has 0 radical (unpaired) electrons. The van der Waals surface area contributed by atoms with Gasteiger partial charge in [0.2, 0.25) is 11.8 Å². The Bertz CT molecular complexity index is 956. The fraction of sp³-hybridized carbons (Fsp3) is 0.429. The minimum Gasteiger partial charge on any atom is -0.481 e. The summed E-state index contributed by atoms with van der Waals surface area (Å²) in [6, 6.07) is 3.78. The van der Waals surface area contributed by atoms with Crippen LogP contribution >= 0.6 is 0 Å². The smallest absolute Gasteiger partial charge is 0.326 e. The van der Waals surface area contributed by atoms with Crippen LogP contribution in [0, 0.1) is 5.92 Å². The molecule has 0 saturated carbocycles. The number of carbonyl (C=O) groups excluding carboxylic acids is 2. The van der Waals surface area contributed by atoms with Crippen molar-refractivity contribution in [3.05, 3.63) is 36.0 Å². The van der Waals surface area contributed by atoms with Gasteiger partial charge >= 0.3 is 11.9 Å². The van der Waals surface area contributed by atoms with Gasteiger partial charge in [-0.05, 0) is 17.5 Å². The summed E-state index contributed by atoms with van der Waals surface area (Å²) in [5, 5.41) is 24.2. The van der Waals surface area contributed by atoms with Crippen molar-refractivity contribution in [2.24, 2.45) is 11.7 Å². The highest BCUT2D eigenvalue weighted by atomic mass is 16.4. The Labute approximate surface area is 179 Å². The zero-order valence-electron chi connectivity index (χ0n) is 17.4. The van der Waals surface area contributed by atoms with E-state index < -0.39 is 48.3 Å². The average Bonchev–Trinajstić information content (AvgIpc) is 3.12. The Morgan fingerprint density at radius 1 is 1.10 bits per heavy atom. The molecule has 7 N–H and O–H groups in total. The van der Waals surface area contributed by atoms with Crippen LogP contribution in [0.4, 0.5) is 0 Å². The van der Waals surface area contributed by atoms with E-state index in [0.29, 0.717) is 6.42 Å². The van der Waals surface area contributed by atoms with Crippen molar-refractivity contribution in [3.63, 3.8) is 0 Å². The molecule has 2 amide bonds. The molecule has 10 nitrogen and oxygen atoms in total. The monoisotopic (exact) mass is 432 g/mol. The summed E-state index contributed by atoms with van der Waals surface area (Å²) < 4.78 is 0. The van der Waals surface area contributed by atoms with Crippen LogP contribution in [-0.4, -0.2) is 57.1 Å². The highest BCUT2D eigenvalue weighted by Crippen LogP contribution is 2.19. The summed E-state index contributed by atoms with van der Waals surface area (Å²) in [7, 11) is 0. The molecule has 1 aromatic heterocycles. The van der Waals surface area contributed by atoms with Gasteiger partial charge in [-0.25, -0.2) is 4.79 Å². The normalized spacial score (nSPS) is 14.9. The molecule has 4 unspecified atom stereocenters. The maximum Gasteiger partial charge on any atom is 0.326 e. The summed E-state index contributed by atoms with van der Waals surface area (Å²) in [5.74, 6) is -4.25. The van der Waals surface area contributed by atoms with E-state index in [9.17, 15) is 24.3 Å². The molecule has 168 valence electrons. The third kappa shape index (κ3) is 6.29. The number of aliphatic carboxylic acids is 2. The number of aromatic nitrogens is 1. The van der Waals surface area contributed by atoms with Crippen LogP contribution in [0.3, 0.4) is 0 Å². The van der Waals surface area contributed by atoms with Crippen LogP contribution in [0.2, 0.25) is 0 Å². The molecule has 2 rings (SSSR count). The van der Waals surface area contributed by atoms with E-state index in [-0.39, 0.29) is 12.3 Å². The van der Waals surface area contributed by atoms with Crippen LogP contribution in [0.25, 0.3) is 10.9 Å². The standard InChI is InChI=1S/C21H28N4O6/c1-3-11(2)18(21(30)31)25-20(29)16(24-19(28)14(22)9-17(26)27)8-12-10-23-15-7-5-4-6-13(12)15/h4-7,10-11,14,16,18,23H,3,8-9,22H2,1-2H3,(H,24,28)(H,25,29)(H,26,27)(H,30,31). The first-order valence-electron chi connectivity index (χ1n) is 9.99. The zero-order chi connectivity index (χ0) is 23.1. The second-order valence-corrected chi connectivity index (χ2v) is 7.54. The third-order valence-electron chi connectivity index (χ3n) is 5.24. The van der Waals surface area contributed by atoms with Crippen LogP contribution in [0.5, 0.6) is 0 Å². The second-order valence-electron chi connectivity index (χ2n) is 7.54. The number of amides is 2. The van der Waals surface area contributed by atoms with Crippen molar-refractivity contribution in [3.8, 4) is 0 Å². The molecular weight excluding hydrogens is 404 g/mol. The number of nitrogens with two attached hydrogens (primary N) is 1. The first-order chi connectivity index (χ1) is 14.6. The molecule has 1 aromatic carbocycles. The van der Waals surface area contributed by atoms with Crippen molar-refractivity contribution in [1.82, 2.24) is 15.6 Å². The van der Waals surface area contributed by atoms with Gasteiger partial charge in [-0.2, -0.15) is 0 Å². The number of carboxylic acids is 2.